The van der Waals surface area contributed by atoms with Crippen LogP contribution >= 0.6 is 11.6 Å². The van der Waals surface area contributed by atoms with Crippen molar-refractivity contribution >= 4 is 28.3 Å². The summed E-state index contributed by atoms with van der Waals surface area (Å²) in [6.45, 7) is 0.913. The lowest BCUT2D eigenvalue weighted by atomic mass is 9.89. The second kappa shape index (κ2) is 7.21. The average Bonchev–Trinajstić information content (AvgIpc) is 2.59. The molecule has 1 aromatic carbocycles. The smallest absolute Gasteiger partial charge is 0.224 e. The number of nitrogens with one attached hydrogen (secondary N) is 1. The van der Waals surface area contributed by atoms with E-state index in [-0.39, 0.29) is 5.28 Å². The molecule has 1 fully saturated rings. The highest BCUT2D eigenvalue weighted by Crippen LogP contribution is 2.35. The van der Waals surface area contributed by atoms with Crippen molar-refractivity contribution in [1.82, 2.24) is 9.97 Å². The van der Waals surface area contributed by atoms with Gasteiger partial charge in [-0.25, -0.2) is 9.97 Å². The molecule has 0 unspecified atom stereocenters. The van der Waals surface area contributed by atoms with Crippen LogP contribution in [0.3, 0.4) is 0 Å². The number of hydrogen-bond donors (Lipinski definition) is 1. The second-order valence-electron chi connectivity index (χ2n) is 5.95. The maximum absolute atomic E-state index is 6.08. The van der Waals surface area contributed by atoms with Crippen LogP contribution in [0.25, 0.3) is 10.9 Å². The highest BCUT2D eigenvalue weighted by molar-refractivity contribution is 6.28. The predicted octanol–water partition coefficient (Wildman–Crippen LogP) is 4.29. The molecule has 6 heteroatoms. The third-order valence-corrected chi connectivity index (χ3v) is 4.63. The molecule has 0 bridgehead atoms. The van der Waals surface area contributed by atoms with Crippen molar-refractivity contribution in [3.63, 3.8) is 0 Å². The Kier molecular flexibility index (Phi) is 5.06. The van der Waals surface area contributed by atoms with Gasteiger partial charge in [-0.05, 0) is 36.4 Å². The number of fused-ring (bicyclic) bond motifs is 1. The number of nitrogens with zero attached hydrogens (tertiary/aromatic N) is 2. The Morgan fingerprint density at radius 1 is 1.09 bits per heavy atom. The Morgan fingerprint density at radius 2 is 1.78 bits per heavy atom. The molecular weight excluding hydrogens is 314 g/mol. The number of ether oxygens (including phenoxy) is 2. The first-order valence-electron chi connectivity index (χ1n) is 8.04. The molecule has 5 nitrogen and oxygen atoms in total. The zero-order valence-electron chi connectivity index (χ0n) is 13.6. The maximum Gasteiger partial charge on any atom is 0.224 e. The summed E-state index contributed by atoms with van der Waals surface area (Å²) in [5.41, 5.74) is 0.744. The molecule has 124 valence electrons. The maximum atomic E-state index is 6.08. The predicted molar refractivity (Wildman–Crippen MR) is 92.7 cm³/mol. The van der Waals surface area contributed by atoms with Gasteiger partial charge in [-0.2, -0.15) is 0 Å². The molecule has 1 saturated carbocycles. The summed E-state index contributed by atoms with van der Waals surface area (Å²) in [6.07, 6.45) is 6.56. The number of methoxy groups -OCH3 is 2. The molecule has 1 N–H and O–H groups in total. The van der Waals surface area contributed by atoms with Crippen LogP contribution in [-0.4, -0.2) is 30.7 Å². The van der Waals surface area contributed by atoms with Crippen LogP contribution in [-0.2, 0) is 0 Å². The Bertz CT molecular complexity index is 687. The standard InChI is InChI=1S/C17H22ClN3O2/c1-22-14-8-12-13(9-15(14)23-2)20-17(18)21-16(12)19-10-11-6-4-3-5-7-11/h8-9,11H,3-7,10H2,1-2H3,(H,19,20,21). The largest absolute Gasteiger partial charge is 0.493 e. The van der Waals surface area contributed by atoms with Gasteiger partial charge in [0.25, 0.3) is 0 Å². The SMILES string of the molecule is COc1cc2nc(Cl)nc(NCC3CCCCC3)c2cc1OC. The molecule has 2 aromatic rings. The molecule has 0 saturated heterocycles. The first kappa shape index (κ1) is 16.1. The molecule has 0 radical (unpaired) electrons. The fourth-order valence-corrected chi connectivity index (χ4v) is 3.37. The molecule has 0 spiro atoms. The normalized spacial score (nSPS) is 15.6. The first-order chi connectivity index (χ1) is 11.2. The molecule has 0 atom stereocenters. The fourth-order valence-electron chi connectivity index (χ4n) is 3.19. The summed E-state index contributed by atoms with van der Waals surface area (Å²) >= 11 is 6.08. The van der Waals surface area contributed by atoms with Crippen LogP contribution in [0.2, 0.25) is 5.28 Å². The van der Waals surface area contributed by atoms with E-state index < -0.39 is 0 Å². The van der Waals surface area contributed by atoms with E-state index in [1.807, 2.05) is 12.1 Å². The van der Waals surface area contributed by atoms with E-state index in [4.69, 9.17) is 21.1 Å². The zero-order chi connectivity index (χ0) is 16.2. The fraction of sp³-hybridized carbons (Fsp3) is 0.529. The van der Waals surface area contributed by atoms with Crippen molar-refractivity contribution in [2.24, 2.45) is 5.92 Å². The van der Waals surface area contributed by atoms with Gasteiger partial charge in [0.05, 0.1) is 19.7 Å². The molecule has 0 amide bonds. The highest BCUT2D eigenvalue weighted by atomic mass is 35.5. The molecule has 1 aliphatic rings. The average molecular weight is 336 g/mol. The van der Waals surface area contributed by atoms with Gasteiger partial charge < -0.3 is 14.8 Å². The van der Waals surface area contributed by atoms with Crippen molar-refractivity contribution in [3.05, 3.63) is 17.4 Å². The Labute approximate surface area is 141 Å². The minimum absolute atomic E-state index is 0.232. The molecular formula is C17H22ClN3O2. The van der Waals surface area contributed by atoms with Gasteiger partial charge in [-0.1, -0.05) is 19.3 Å². The molecule has 23 heavy (non-hydrogen) atoms. The lowest BCUT2D eigenvalue weighted by molar-refractivity contribution is 0.355. The Morgan fingerprint density at radius 3 is 2.48 bits per heavy atom. The van der Waals surface area contributed by atoms with Crippen molar-refractivity contribution < 1.29 is 9.47 Å². The van der Waals surface area contributed by atoms with E-state index in [1.54, 1.807) is 14.2 Å². The molecule has 1 aliphatic carbocycles. The minimum atomic E-state index is 0.232. The van der Waals surface area contributed by atoms with E-state index in [1.165, 1.54) is 32.1 Å². The van der Waals surface area contributed by atoms with Crippen LogP contribution in [0.5, 0.6) is 11.5 Å². The monoisotopic (exact) mass is 335 g/mol. The summed E-state index contributed by atoms with van der Waals surface area (Å²) in [6, 6.07) is 3.72. The van der Waals surface area contributed by atoms with Gasteiger partial charge in [0.1, 0.15) is 5.82 Å². The second-order valence-corrected chi connectivity index (χ2v) is 6.29. The van der Waals surface area contributed by atoms with Crippen molar-refractivity contribution in [2.45, 2.75) is 32.1 Å². The number of aromatic nitrogens is 2. The van der Waals surface area contributed by atoms with Gasteiger partial charge >= 0.3 is 0 Å². The van der Waals surface area contributed by atoms with E-state index >= 15 is 0 Å². The number of rotatable bonds is 5. The molecule has 3 rings (SSSR count). The van der Waals surface area contributed by atoms with Crippen molar-refractivity contribution in [3.8, 4) is 11.5 Å². The number of hydrogen-bond acceptors (Lipinski definition) is 5. The van der Waals surface area contributed by atoms with Gasteiger partial charge in [0.15, 0.2) is 11.5 Å². The summed E-state index contributed by atoms with van der Waals surface area (Å²) in [5.74, 6) is 2.75. The summed E-state index contributed by atoms with van der Waals surface area (Å²) in [5, 5.41) is 4.58. The number of benzene rings is 1. The topological polar surface area (TPSA) is 56.3 Å². The van der Waals surface area contributed by atoms with E-state index in [0.717, 1.165) is 23.3 Å². The summed E-state index contributed by atoms with van der Waals surface area (Å²) in [4.78, 5) is 8.66. The lowest BCUT2D eigenvalue weighted by Crippen LogP contribution is -2.18. The Hall–Kier alpha value is -1.75. The minimum Gasteiger partial charge on any atom is -0.493 e. The van der Waals surface area contributed by atoms with Gasteiger partial charge in [-0.15, -0.1) is 0 Å². The van der Waals surface area contributed by atoms with Crippen LogP contribution in [0, 0.1) is 5.92 Å². The van der Waals surface area contributed by atoms with Gasteiger partial charge in [0, 0.05) is 18.0 Å². The van der Waals surface area contributed by atoms with Gasteiger partial charge in [-0.3, -0.25) is 0 Å². The zero-order valence-corrected chi connectivity index (χ0v) is 14.3. The molecule has 0 aliphatic heterocycles. The first-order valence-corrected chi connectivity index (χ1v) is 8.42. The van der Waals surface area contributed by atoms with Crippen LogP contribution < -0.4 is 14.8 Å². The summed E-state index contributed by atoms with van der Waals surface area (Å²) < 4.78 is 10.7. The number of anilines is 1. The molecule has 1 heterocycles. The van der Waals surface area contributed by atoms with E-state index in [9.17, 15) is 0 Å². The van der Waals surface area contributed by atoms with Crippen LogP contribution in [0.4, 0.5) is 5.82 Å². The van der Waals surface area contributed by atoms with E-state index in [0.29, 0.717) is 17.4 Å². The highest BCUT2D eigenvalue weighted by Gasteiger charge is 2.16. The summed E-state index contributed by atoms with van der Waals surface area (Å²) in [7, 11) is 3.23. The third-order valence-electron chi connectivity index (χ3n) is 4.46. The van der Waals surface area contributed by atoms with Crippen molar-refractivity contribution in [1.29, 1.82) is 0 Å². The van der Waals surface area contributed by atoms with Crippen molar-refractivity contribution in [2.75, 3.05) is 26.1 Å². The lowest BCUT2D eigenvalue weighted by Gasteiger charge is -2.22. The Balaban J connectivity index is 1.91. The van der Waals surface area contributed by atoms with Crippen LogP contribution in [0.15, 0.2) is 12.1 Å². The van der Waals surface area contributed by atoms with Crippen LogP contribution in [0.1, 0.15) is 32.1 Å². The third kappa shape index (κ3) is 3.61. The number of halogens is 1. The van der Waals surface area contributed by atoms with Gasteiger partial charge in [0.2, 0.25) is 5.28 Å². The molecule has 1 aromatic heterocycles. The quantitative estimate of drug-likeness (QED) is 0.826. The van der Waals surface area contributed by atoms with E-state index in [2.05, 4.69) is 15.3 Å².